The average molecular weight is 357 g/mol. The molecule has 3 aliphatic heterocycles. The lowest BCUT2D eigenvalue weighted by Crippen LogP contribution is -2.42. The molecule has 4 rings (SSSR count). The first kappa shape index (κ1) is 16.1. The van der Waals surface area contributed by atoms with Crippen molar-refractivity contribution in [3.8, 4) is 0 Å². The third-order valence-electron chi connectivity index (χ3n) is 5.13. The van der Waals surface area contributed by atoms with E-state index in [4.69, 9.17) is 16.3 Å². The predicted octanol–water partition coefficient (Wildman–Crippen LogP) is 2.16. The van der Waals surface area contributed by atoms with E-state index in [1.165, 1.54) is 17.7 Å². The Kier molecular flexibility index (Phi) is 4.79. The molecule has 1 aromatic heterocycles. The van der Waals surface area contributed by atoms with Crippen LogP contribution in [-0.4, -0.2) is 73.8 Å². The van der Waals surface area contributed by atoms with E-state index in [1.807, 2.05) is 0 Å². The highest BCUT2D eigenvalue weighted by Gasteiger charge is 2.33. The SMILES string of the molecule is CN1C[C@@H]2COC[C@H](C1)N(Cc1sc(N3CCCC3)nc1Cl)C2. The summed E-state index contributed by atoms with van der Waals surface area (Å²) >= 11 is 8.24. The molecule has 0 spiro atoms. The van der Waals surface area contributed by atoms with Crippen LogP contribution in [-0.2, 0) is 11.3 Å². The van der Waals surface area contributed by atoms with Gasteiger partial charge in [0.2, 0.25) is 0 Å². The van der Waals surface area contributed by atoms with Gasteiger partial charge in [-0.25, -0.2) is 4.98 Å². The summed E-state index contributed by atoms with van der Waals surface area (Å²) in [6.07, 6.45) is 2.54. The maximum absolute atomic E-state index is 6.46. The van der Waals surface area contributed by atoms with Crippen molar-refractivity contribution >= 4 is 28.1 Å². The molecule has 1 aromatic rings. The highest BCUT2D eigenvalue weighted by atomic mass is 35.5. The monoisotopic (exact) mass is 356 g/mol. The van der Waals surface area contributed by atoms with Gasteiger partial charge in [-0.1, -0.05) is 22.9 Å². The van der Waals surface area contributed by atoms with E-state index in [0.717, 1.165) is 57.6 Å². The molecular formula is C16H25ClN4OS. The summed E-state index contributed by atoms with van der Waals surface area (Å²) in [7, 11) is 2.22. The van der Waals surface area contributed by atoms with Gasteiger partial charge in [0.05, 0.1) is 18.1 Å². The van der Waals surface area contributed by atoms with Crippen LogP contribution in [0.15, 0.2) is 0 Å². The van der Waals surface area contributed by atoms with Gasteiger partial charge in [-0.3, -0.25) is 4.90 Å². The average Bonchev–Trinajstić information content (AvgIpc) is 3.06. The molecule has 0 N–H and O–H groups in total. The van der Waals surface area contributed by atoms with E-state index in [9.17, 15) is 0 Å². The first-order chi connectivity index (χ1) is 11.2. The van der Waals surface area contributed by atoms with Gasteiger partial charge < -0.3 is 14.5 Å². The predicted molar refractivity (Wildman–Crippen MR) is 94.6 cm³/mol. The maximum atomic E-state index is 6.46. The van der Waals surface area contributed by atoms with Crippen molar-refractivity contribution in [3.63, 3.8) is 0 Å². The van der Waals surface area contributed by atoms with Gasteiger partial charge in [-0.2, -0.15) is 0 Å². The zero-order chi connectivity index (χ0) is 15.8. The fourth-order valence-electron chi connectivity index (χ4n) is 4.00. The number of aromatic nitrogens is 1. The Balaban J connectivity index is 1.50. The Morgan fingerprint density at radius 2 is 2.04 bits per heavy atom. The fraction of sp³-hybridized carbons (Fsp3) is 0.812. The van der Waals surface area contributed by atoms with Gasteiger partial charge in [0.25, 0.3) is 0 Å². The molecule has 3 fully saturated rings. The molecule has 3 aliphatic rings. The Hall–Kier alpha value is -0.400. The second kappa shape index (κ2) is 6.84. The number of ether oxygens (including phenoxy) is 1. The van der Waals surface area contributed by atoms with Crippen molar-refractivity contribution in [2.24, 2.45) is 5.92 Å². The van der Waals surface area contributed by atoms with Crippen LogP contribution in [0.25, 0.3) is 0 Å². The second-order valence-electron chi connectivity index (χ2n) is 7.11. The Labute approximate surface area is 147 Å². The van der Waals surface area contributed by atoms with E-state index in [0.29, 0.717) is 17.1 Å². The first-order valence-electron chi connectivity index (χ1n) is 8.59. The summed E-state index contributed by atoms with van der Waals surface area (Å²) in [5.74, 6) is 0.595. The number of halogens is 1. The van der Waals surface area contributed by atoms with E-state index in [2.05, 4.69) is 26.7 Å². The Bertz CT molecular complexity index is 548. The summed E-state index contributed by atoms with van der Waals surface area (Å²) in [4.78, 5) is 13.2. The third-order valence-corrected chi connectivity index (χ3v) is 6.65. The molecule has 7 heteroatoms. The van der Waals surface area contributed by atoms with Crippen molar-refractivity contribution in [3.05, 3.63) is 10.0 Å². The topological polar surface area (TPSA) is 31.8 Å². The van der Waals surface area contributed by atoms with Crippen LogP contribution < -0.4 is 4.90 Å². The first-order valence-corrected chi connectivity index (χ1v) is 9.79. The zero-order valence-corrected chi connectivity index (χ0v) is 15.3. The van der Waals surface area contributed by atoms with Gasteiger partial charge in [0.15, 0.2) is 5.13 Å². The van der Waals surface area contributed by atoms with Gasteiger partial charge in [-0.05, 0) is 19.9 Å². The van der Waals surface area contributed by atoms with Crippen molar-refractivity contribution in [1.29, 1.82) is 0 Å². The summed E-state index contributed by atoms with van der Waals surface area (Å²) in [6.45, 7) is 8.16. The van der Waals surface area contributed by atoms with Crippen molar-refractivity contribution < 1.29 is 4.74 Å². The van der Waals surface area contributed by atoms with E-state index < -0.39 is 0 Å². The molecule has 2 bridgehead atoms. The van der Waals surface area contributed by atoms with Crippen LogP contribution in [0.2, 0.25) is 5.15 Å². The van der Waals surface area contributed by atoms with Crippen molar-refractivity contribution in [2.45, 2.75) is 25.4 Å². The molecule has 2 atom stereocenters. The number of hydrogen-bond donors (Lipinski definition) is 0. The number of likely N-dealkylation sites (N-methyl/N-ethyl adjacent to an activating group) is 1. The molecule has 0 radical (unpaired) electrons. The largest absolute Gasteiger partial charge is 0.379 e. The number of fused-ring (bicyclic) bond motifs is 3. The van der Waals surface area contributed by atoms with Crippen LogP contribution in [0.3, 0.4) is 0 Å². The molecule has 5 nitrogen and oxygen atoms in total. The highest BCUT2D eigenvalue weighted by Crippen LogP contribution is 2.33. The van der Waals surface area contributed by atoms with Crippen LogP contribution in [0.1, 0.15) is 17.7 Å². The summed E-state index contributed by atoms with van der Waals surface area (Å²) in [5, 5.41) is 1.80. The minimum atomic E-state index is 0.459. The van der Waals surface area contributed by atoms with Gasteiger partial charge in [-0.15, -0.1) is 0 Å². The van der Waals surface area contributed by atoms with Crippen LogP contribution in [0.4, 0.5) is 5.13 Å². The lowest BCUT2D eigenvalue weighted by molar-refractivity contribution is 0.0563. The number of nitrogens with zero attached hydrogens (tertiary/aromatic N) is 4. The normalized spacial score (nSPS) is 29.9. The summed E-state index contributed by atoms with van der Waals surface area (Å²) < 4.78 is 5.87. The quantitative estimate of drug-likeness (QED) is 0.828. The van der Waals surface area contributed by atoms with Crippen molar-refractivity contribution in [2.75, 3.05) is 57.9 Å². The lowest BCUT2D eigenvalue weighted by Gasteiger charge is -2.29. The summed E-state index contributed by atoms with van der Waals surface area (Å²) in [6, 6.07) is 0.459. The summed E-state index contributed by atoms with van der Waals surface area (Å²) in [5.41, 5.74) is 0. The second-order valence-corrected chi connectivity index (χ2v) is 8.53. The smallest absolute Gasteiger partial charge is 0.187 e. The zero-order valence-electron chi connectivity index (χ0n) is 13.7. The molecule has 4 heterocycles. The number of rotatable bonds is 3. The molecule has 0 aliphatic carbocycles. The Morgan fingerprint density at radius 3 is 2.87 bits per heavy atom. The minimum absolute atomic E-state index is 0.459. The van der Waals surface area contributed by atoms with Gasteiger partial charge >= 0.3 is 0 Å². The molecular weight excluding hydrogens is 332 g/mol. The van der Waals surface area contributed by atoms with Crippen LogP contribution in [0, 0.1) is 5.92 Å². The minimum Gasteiger partial charge on any atom is -0.379 e. The fourth-order valence-corrected chi connectivity index (χ4v) is 5.34. The standard InChI is InChI=1S/C16H25ClN4OS/c1-19-6-12-7-21(13(8-19)11-22-10-12)9-14-15(17)18-16(23-14)20-4-2-3-5-20/h12-13H,2-11H2,1H3/t12-,13-/m0/s1. The maximum Gasteiger partial charge on any atom is 0.187 e. The number of hydrogen-bond acceptors (Lipinski definition) is 6. The van der Waals surface area contributed by atoms with E-state index in [1.54, 1.807) is 11.3 Å². The molecule has 23 heavy (non-hydrogen) atoms. The molecule has 3 saturated heterocycles. The number of anilines is 1. The Morgan fingerprint density at radius 1 is 1.22 bits per heavy atom. The van der Waals surface area contributed by atoms with Crippen LogP contribution in [0.5, 0.6) is 0 Å². The van der Waals surface area contributed by atoms with E-state index in [-0.39, 0.29) is 0 Å². The van der Waals surface area contributed by atoms with Gasteiger partial charge in [0, 0.05) is 51.2 Å². The highest BCUT2D eigenvalue weighted by molar-refractivity contribution is 7.16. The molecule has 0 aromatic carbocycles. The van der Waals surface area contributed by atoms with Crippen LogP contribution >= 0.6 is 22.9 Å². The number of thiazole rings is 1. The third kappa shape index (κ3) is 3.51. The molecule has 0 unspecified atom stereocenters. The van der Waals surface area contributed by atoms with Gasteiger partial charge in [0.1, 0.15) is 5.15 Å². The lowest BCUT2D eigenvalue weighted by atomic mass is 10.1. The molecule has 0 saturated carbocycles. The molecule has 0 amide bonds. The molecule has 128 valence electrons. The van der Waals surface area contributed by atoms with E-state index >= 15 is 0 Å². The van der Waals surface area contributed by atoms with Crippen molar-refractivity contribution in [1.82, 2.24) is 14.8 Å².